The van der Waals surface area contributed by atoms with Crippen LogP contribution in [0, 0.1) is 5.82 Å². The van der Waals surface area contributed by atoms with Crippen molar-refractivity contribution in [3.8, 4) is 0 Å². The van der Waals surface area contributed by atoms with Gasteiger partial charge in [-0.2, -0.15) is 0 Å². The second-order valence-electron chi connectivity index (χ2n) is 5.03. The summed E-state index contributed by atoms with van der Waals surface area (Å²) >= 11 is 0. The van der Waals surface area contributed by atoms with E-state index in [0.717, 1.165) is 25.2 Å². The van der Waals surface area contributed by atoms with Crippen LogP contribution in [0.3, 0.4) is 0 Å². The number of piperidine rings is 1. The Labute approximate surface area is 126 Å². The first-order chi connectivity index (χ1) is 10.7. The maximum atomic E-state index is 12.8. The third-order valence-electron chi connectivity index (χ3n) is 3.53. The lowest BCUT2D eigenvalue weighted by Crippen LogP contribution is -2.45. The highest BCUT2D eigenvalue weighted by atomic mass is 19.1. The smallest absolute Gasteiger partial charge is 0.270 e. The Kier molecular flexibility index (Phi) is 4.17. The lowest BCUT2D eigenvalue weighted by atomic mass is 10.1. The molecule has 1 fully saturated rings. The lowest BCUT2D eigenvalue weighted by molar-refractivity contribution is 0.0926. The second kappa shape index (κ2) is 6.42. The molecule has 0 atom stereocenters. The van der Waals surface area contributed by atoms with Gasteiger partial charge in [-0.25, -0.2) is 24.3 Å². The molecule has 8 heteroatoms. The number of hydrogen-bond donors (Lipinski definition) is 1. The van der Waals surface area contributed by atoms with Crippen molar-refractivity contribution in [1.29, 1.82) is 0 Å². The Morgan fingerprint density at radius 2 is 1.95 bits per heavy atom. The molecule has 7 nitrogen and oxygen atoms in total. The van der Waals surface area contributed by atoms with Gasteiger partial charge in [0.1, 0.15) is 12.0 Å². The molecule has 114 valence electrons. The number of anilines is 1. The molecule has 0 aliphatic carbocycles. The van der Waals surface area contributed by atoms with E-state index in [9.17, 15) is 9.18 Å². The first kappa shape index (κ1) is 14.3. The van der Waals surface area contributed by atoms with E-state index >= 15 is 0 Å². The minimum atomic E-state index is -0.448. The van der Waals surface area contributed by atoms with Crippen molar-refractivity contribution in [2.75, 3.05) is 18.0 Å². The summed E-state index contributed by atoms with van der Waals surface area (Å²) in [5, 5.41) is 2.96. The zero-order chi connectivity index (χ0) is 15.4. The molecule has 1 aliphatic rings. The quantitative estimate of drug-likeness (QED) is 0.903. The normalized spacial score (nSPS) is 15.6. The van der Waals surface area contributed by atoms with Gasteiger partial charge in [-0.05, 0) is 18.9 Å². The third kappa shape index (κ3) is 3.33. The highest BCUT2D eigenvalue weighted by Gasteiger charge is 2.22. The number of carbonyl (C=O) groups excluding carboxylic acids is 1. The number of halogens is 1. The van der Waals surface area contributed by atoms with E-state index in [1.54, 1.807) is 6.07 Å². The first-order valence-electron chi connectivity index (χ1n) is 7.02. The highest BCUT2D eigenvalue weighted by Crippen LogP contribution is 2.16. The Morgan fingerprint density at radius 3 is 2.59 bits per heavy atom. The molecule has 1 N–H and O–H groups in total. The molecular weight excluding hydrogens is 287 g/mol. The fourth-order valence-electron chi connectivity index (χ4n) is 2.38. The van der Waals surface area contributed by atoms with Gasteiger partial charge in [0.05, 0.1) is 12.4 Å². The van der Waals surface area contributed by atoms with Crippen LogP contribution in [-0.2, 0) is 0 Å². The van der Waals surface area contributed by atoms with Crippen LogP contribution in [0.1, 0.15) is 23.3 Å². The van der Waals surface area contributed by atoms with Gasteiger partial charge in [0, 0.05) is 25.3 Å². The Morgan fingerprint density at radius 1 is 1.23 bits per heavy atom. The van der Waals surface area contributed by atoms with Crippen LogP contribution < -0.4 is 10.2 Å². The molecule has 0 spiro atoms. The summed E-state index contributed by atoms with van der Waals surface area (Å²) in [4.78, 5) is 29.7. The summed E-state index contributed by atoms with van der Waals surface area (Å²) in [5.41, 5.74) is 0.360. The number of aromatic nitrogens is 4. The maximum Gasteiger partial charge on any atom is 0.270 e. The monoisotopic (exact) mass is 302 g/mol. The number of hydrogen-bond acceptors (Lipinski definition) is 6. The molecule has 2 aromatic rings. The van der Waals surface area contributed by atoms with Crippen LogP contribution in [0.5, 0.6) is 0 Å². The minimum Gasteiger partial charge on any atom is -0.348 e. The van der Waals surface area contributed by atoms with Crippen LogP contribution in [-0.4, -0.2) is 45.0 Å². The Hall–Kier alpha value is -2.64. The standard InChI is InChI=1S/C14H15FN6O/c15-10-7-17-14(18-8-10)21-5-2-11(3-6-21)20-13(22)12-1-4-16-9-19-12/h1,4,7-9,11H,2-3,5-6H2,(H,20,22). The molecule has 0 aromatic carbocycles. The molecule has 0 saturated carbocycles. The molecule has 22 heavy (non-hydrogen) atoms. The number of rotatable bonds is 3. The third-order valence-corrected chi connectivity index (χ3v) is 3.53. The summed E-state index contributed by atoms with van der Waals surface area (Å²) < 4.78 is 12.8. The number of amides is 1. The van der Waals surface area contributed by atoms with Crippen molar-refractivity contribution >= 4 is 11.9 Å². The second-order valence-corrected chi connectivity index (χ2v) is 5.03. The number of carbonyl (C=O) groups is 1. The minimum absolute atomic E-state index is 0.0826. The van der Waals surface area contributed by atoms with Gasteiger partial charge >= 0.3 is 0 Å². The van der Waals surface area contributed by atoms with Crippen LogP contribution in [0.4, 0.5) is 10.3 Å². The topological polar surface area (TPSA) is 83.9 Å². The van der Waals surface area contributed by atoms with E-state index in [2.05, 4.69) is 25.3 Å². The summed E-state index contributed by atoms with van der Waals surface area (Å²) in [6.45, 7) is 1.42. The molecule has 2 aromatic heterocycles. The number of nitrogens with zero attached hydrogens (tertiary/aromatic N) is 5. The van der Waals surface area contributed by atoms with E-state index < -0.39 is 5.82 Å². The zero-order valence-electron chi connectivity index (χ0n) is 11.8. The van der Waals surface area contributed by atoms with Gasteiger partial charge < -0.3 is 10.2 Å². The van der Waals surface area contributed by atoms with Gasteiger partial charge in [0.2, 0.25) is 5.95 Å². The summed E-state index contributed by atoms with van der Waals surface area (Å²) in [7, 11) is 0. The molecule has 0 unspecified atom stereocenters. The van der Waals surface area contributed by atoms with Crippen molar-refractivity contribution in [3.05, 3.63) is 42.5 Å². The molecule has 0 bridgehead atoms. The largest absolute Gasteiger partial charge is 0.348 e. The zero-order valence-corrected chi connectivity index (χ0v) is 11.8. The molecule has 0 radical (unpaired) electrons. The molecule has 1 aliphatic heterocycles. The molecule has 3 heterocycles. The van der Waals surface area contributed by atoms with Crippen LogP contribution >= 0.6 is 0 Å². The van der Waals surface area contributed by atoms with Gasteiger partial charge in [0.15, 0.2) is 5.82 Å². The van der Waals surface area contributed by atoms with E-state index in [4.69, 9.17) is 0 Å². The SMILES string of the molecule is O=C(NC1CCN(c2ncc(F)cn2)CC1)c1ccncn1. The fraction of sp³-hybridized carbons (Fsp3) is 0.357. The van der Waals surface area contributed by atoms with E-state index in [-0.39, 0.29) is 11.9 Å². The van der Waals surface area contributed by atoms with E-state index in [1.807, 2.05) is 4.90 Å². The van der Waals surface area contributed by atoms with Crippen LogP contribution in [0.2, 0.25) is 0 Å². The van der Waals surface area contributed by atoms with Gasteiger partial charge in [-0.15, -0.1) is 0 Å². The Bertz CT molecular complexity index is 628. The Balaban J connectivity index is 1.53. The van der Waals surface area contributed by atoms with Crippen molar-refractivity contribution in [2.24, 2.45) is 0 Å². The van der Waals surface area contributed by atoms with Crippen molar-refractivity contribution in [2.45, 2.75) is 18.9 Å². The summed E-state index contributed by atoms with van der Waals surface area (Å²) in [6.07, 6.45) is 6.76. The summed E-state index contributed by atoms with van der Waals surface area (Å²) in [6, 6.07) is 1.66. The fourth-order valence-corrected chi connectivity index (χ4v) is 2.38. The van der Waals surface area contributed by atoms with Crippen LogP contribution in [0.25, 0.3) is 0 Å². The van der Waals surface area contributed by atoms with Crippen molar-refractivity contribution < 1.29 is 9.18 Å². The van der Waals surface area contributed by atoms with Gasteiger partial charge in [0.25, 0.3) is 5.91 Å². The van der Waals surface area contributed by atoms with E-state index in [0.29, 0.717) is 24.7 Å². The first-order valence-corrected chi connectivity index (χ1v) is 7.02. The van der Waals surface area contributed by atoms with E-state index in [1.165, 1.54) is 12.5 Å². The van der Waals surface area contributed by atoms with Gasteiger partial charge in [-0.1, -0.05) is 0 Å². The van der Waals surface area contributed by atoms with Crippen molar-refractivity contribution in [3.63, 3.8) is 0 Å². The van der Waals surface area contributed by atoms with Gasteiger partial charge in [-0.3, -0.25) is 4.79 Å². The predicted molar refractivity (Wildman–Crippen MR) is 76.7 cm³/mol. The molecule has 1 amide bonds. The number of nitrogens with one attached hydrogen (secondary N) is 1. The predicted octanol–water partition coefficient (Wildman–Crippen LogP) is 0.804. The molecular formula is C14H15FN6O. The molecule has 1 saturated heterocycles. The van der Waals surface area contributed by atoms with Crippen LogP contribution in [0.15, 0.2) is 31.0 Å². The highest BCUT2D eigenvalue weighted by molar-refractivity contribution is 5.92. The van der Waals surface area contributed by atoms with Crippen molar-refractivity contribution in [1.82, 2.24) is 25.3 Å². The maximum absolute atomic E-state index is 12.8. The lowest BCUT2D eigenvalue weighted by Gasteiger charge is -2.32. The molecule has 3 rings (SSSR count). The summed E-state index contributed by atoms with van der Waals surface area (Å²) in [5.74, 6) is -0.128. The average Bonchev–Trinajstić information content (AvgIpc) is 2.57. The average molecular weight is 302 g/mol.